The Morgan fingerprint density at radius 3 is 2.63 bits per heavy atom. The highest BCUT2D eigenvalue weighted by atomic mass is 79.9. The largest absolute Gasteiger partial charge is 0.478 e. The molecule has 2 rings (SSSR count). The number of aromatic nitrogens is 2. The molecule has 1 aromatic heterocycles. The number of benzene rings is 1. The van der Waals surface area contributed by atoms with Crippen LogP contribution in [0.4, 0.5) is 4.39 Å². The normalized spacial score (nSPS) is 11.0. The van der Waals surface area contributed by atoms with Crippen LogP contribution in [0.3, 0.4) is 0 Å². The van der Waals surface area contributed by atoms with E-state index in [9.17, 15) is 9.18 Å². The number of halogens is 2. The number of rotatable bonds is 3. The average molecular weight is 327 g/mol. The minimum absolute atomic E-state index is 0.0703. The number of carboxylic acids is 1. The van der Waals surface area contributed by atoms with Crippen molar-refractivity contribution in [1.29, 1.82) is 0 Å². The molecule has 0 atom stereocenters. The Labute approximate surface area is 118 Å². The second kappa shape index (κ2) is 5.13. The molecule has 0 aliphatic carbocycles. The molecule has 1 N–H and O–H groups in total. The van der Waals surface area contributed by atoms with E-state index in [0.29, 0.717) is 0 Å². The van der Waals surface area contributed by atoms with E-state index in [4.69, 9.17) is 5.11 Å². The van der Waals surface area contributed by atoms with Gasteiger partial charge < -0.3 is 5.11 Å². The van der Waals surface area contributed by atoms with Crippen LogP contribution in [0.15, 0.2) is 28.9 Å². The van der Waals surface area contributed by atoms with Crippen LogP contribution in [-0.4, -0.2) is 20.9 Å². The molecular weight excluding hydrogens is 315 g/mol. The highest BCUT2D eigenvalue weighted by molar-refractivity contribution is 9.10. The smallest absolute Gasteiger partial charge is 0.336 e. The first kappa shape index (κ1) is 13.7. The van der Waals surface area contributed by atoms with E-state index in [1.165, 1.54) is 16.8 Å². The number of hydrogen-bond acceptors (Lipinski definition) is 2. The second-order valence-electron chi connectivity index (χ2n) is 4.41. The first-order chi connectivity index (χ1) is 8.91. The Hall–Kier alpha value is -1.69. The molecule has 2 aromatic rings. The van der Waals surface area contributed by atoms with Gasteiger partial charge in [0.2, 0.25) is 0 Å². The second-order valence-corrected chi connectivity index (χ2v) is 5.20. The fourth-order valence-electron chi connectivity index (χ4n) is 1.66. The fraction of sp³-hybridized carbons (Fsp3) is 0.231. The fourth-order valence-corrected chi connectivity index (χ4v) is 2.17. The van der Waals surface area contributed by atoms with Crippen molar-refractivity contribution in [2.45, 2.75) is 19.8 Å². The third-order valence-corrected chi connectivity index (χ3v) is 3.52. The van der Waals surface area contributed by atoms with Crippen LogP contribution in [-0.2, 0) is 0 Å². The summed E-state index contributed by atoms with van der Waals surface area (Å²) >= 11 is 2.97. The van der Waals surface area contributed by atoms with Crippen LogP contribution in [0.2, 0.25) is 0 Å². The molecule has 1 heterocycles. The Balaban J connectivity index is 2.51. The zero-order chi connectivity index (χ0) is 14.2. The summed E-state index contributed by atoms with van der Waals surface area (Å²) < 4.78 is 15.5. The van der Waals surface area contributed by atoms with Gasteiger partial charge in [-0.05, 0) is 40.0 Å². The molecule has 0 saturated heterocycles. The maximum Gasteiger partial charge on any atom is 0.336 e. The maximum absolute atomic E-state index is 14.1. The van der Waals surface area contributed by atoms with Crippen LogP contribution in [0.1, 0.15) is 35.8 Å². The van der Waals surface area contributed by atoms with E-state index in [1.807, 2.05) is 19.9 Å². The van der Waals surface area contributed by atoms with Gasteiger partial charge in [-0.15, -0.1) is 0 Å². The third-order valence-electron chi connectivity index (χ3n) is 2.74. The first-order valence-electron chi connectivity index (χ1n) is 5.69. The van der Waals surface area contributed by atoms with Gasteiger partial charge in [0.15, 0.2) is 5.82 Å². The van der Waals surface area contributed by atoms with Crippen LogP contribution < -0.4 is 0 Å². The van der Waals surface area contributed by atoms with E-state index in [1.54, 1.807) is 6.20 Å². The van der Waals surface area contributed by atoms with Crippen LogP contribution >= 0.6 is 15.9 Å². The highest BCUT2D eigenvalue weighted by Gasteiger charge is 2.17. The molecule has 0 radical (unpaired) electrons. The lowest BCUT2D eigenvalue weighted by Gasteiger charge is -2.07. The van der Waals surface area contributed by atoms with Crippen LogP contribution in [0, 0.1) is 5.82 Å². The molecule has 0 fully saturated rings. The third kappa shape index (κ3) is 2.53. The molecule has 19 heavy (non-hydrogen) atoms. The molecule has 0 aliphatic heterocycles. The Bertz CT molecular complexity index is 638. The summed E-state index contributed by atoms with van der Waals surface area (Å²) in [5.74, 6) is -1.58. The average Bonchev–Trinajstić information content (AvgIpc) is 2.81. The Morgan fingerprint density at radius 1 is 1.42 bits per heavy atom. The van der Waals surface area contributed by atoms with Gasteiger partial charge in [-0.3, -0.25) is 0 Å². The van der Waals surface area contributed by atoms with Gasteiger partial charge in [-0.2, -0.15) is 5.10 Å². The molecule has 1 aromatic carbocycles. The van der Waals surface area contributed by atoms with Gasteiger partial charge in [0.25, 0.3) is 0 Å². The first-order valence-corrected chi connectivity index (χ1v) is 6.48. The summed E-state index contributed by atoms with van der Waals surface area (Å²) in [7, 11) is 0. The van der Waals surface area contributed by atoms with Gasteiger partial charge in [0.1, 0.15) is 5.69 Å². The van der Waals surface area contributed by atoms with E-state index in [-0.39, 0.29) is 21.6 Å². The standard InChI is InChI=1S/C13H12BrFN2O2/c1-7(2)9-5-6-17(16-9)10-4-3-8(13(18)19)11(14)12(10)15/h3-7H,1-2H3,(H,18,19). The molecule has 4 nitrogen and oxygen atoms in total. The number of carboxylic acid groups (broad SMARTS) is 1. The molecule has 0 aliphatic rings. The molecule has 6 heteroatoms. The van der Waals surface area contributed by atoms with Crippen molar-refractivity contribution in [3.8, 4) is 5.69 Å². The van der Waals surface area contributed by atoms with E-state index >= 15 is 0 Å². The van der Waals surface area contributed by atoms with Gasteiger partial charge in [0, 0.05) is 6.20 Å². The van der Waals surface area contributed by atoms with Crippen molar-refractivity contribution < 1.29 is 14.3 Å². The Kier molecular flexibility index (Phi) is 3.71. The quantitative estimate of drug-likeness (QED) is 0.937. The topological polar surface area (TPSA) is 55.1 Å². The van der Waals surface area contributed by atoms with Gasteiger partial charge >= 0.3 is 5.97 Å². The molecule has 0 bridgehead atoms. The Morgan fingerprint density at radius 2 is 2.11 bits per heavy atom. The number of nitrogens with zero attached hydrogens (tertiary/aromatic N) is 2. The van der Waals surface area contributed by atoms with Crippen molar-refractivity contribution >= 4 is 21.9 Å². The van der Waals surface area contributed by atoms with E-state index in [0.717, 1.165) is 5.69 Å². The molecule has 100 valence electrons. The molecular formula is C13H12BrFN2O2. The minimum Gasteiger partial charge on any atom is -0.478 e. The maximum atomic E-state index is 14.1. The molecule has 0 unspecified atom stereocenters. The van der Waals surface area contributed by atoms with Crippen molar-refractivity contribution in [3.63, 3.8) is 0 Å². The number of aromatic carboxylic acids is 1. The van der Waals surface area contributed by atoms with E-state index in [2.05, 4.69) is 21.0 Å². The molecule has 0 saturated carbocycles. The predicted octanol–water partition coefficient (Wildman–Crippen LogP) is 3.60. The summed E-state index contributed by atoms with van der Waals surface area (Å²) in [6, 6.07) is 4.56. The lowest BCUT2D eigenvalue weighted by molar-refractivity contribution is 0.0695. The van der Waals surface area contributed by atoms with Gasteiger partial charge in [0.05, 0.1) is 15.7 Å². The lowest BCUT2D eigenvalue weighted by atomic mass is 10.1. The van der Waals surface area contributed by atoms with Crippen molar-refractivity contribution in [1.82, 2.24) is 9.78 Å². The van der Waals surface area contributed by atoms with Gasteiger partial charge in [-0.1, -0.05) is 13.8 Å². The monoisotopic (exact) mass is 326 g/mol. The molecule has 0 amide bonds. The SMILES string of the molecule is CC(C)c1ccn(-c2ccc(C(=O)O)c(Br)c2F)n1. The van der Waals surface area contributed by atoms with Crippen molar-refractivity contribution in [2.75, 3.05) is 0 Å². The zero-order valence-electron chi connectivity index (χ0n) is 10.4. The predicted molar refractivity (Wildman–Crippen MR) is 72.3 cm³/mol. The van der Waals surface area contributed by atoms with Crippen LogP contribution in [0.25, 0.3) is 5.69 Å². The van der Waals surface area contributed by atoms with Crippen LogP contribution in [0.5, 0.6) is 0 Å². The number of carbonyl (C=O) groups is 1. The highest BCUT2D eigenvalue weighted by Crippen LogP contribution is 2.26. The minimum atomic E-state index is -1.18. The number of hydrogen-bond donors (Lipinski definition) is 1. The van der Waals surface area contributed by atoms with Gasteiger partial charge in [-0.25, -0.2) is 13.9 Å². The lowest BCUT2D eigenvalue weighted by Crippen LogP contribution is -2.05. The zero-order valence-corrected chi connectivity index (χ0v) is 12.0. The van der Waals surface area contributed by atoms with Crippen molar-refractivity contribution in [3.05, 3.63) is 45.9 Å². The summed E-state index contributed by atoms with van der Waals surface area (Å²) in [6.07, 6.45) is 1.65. The van der Waals surface area contributed by atoms with E-state index < -0.39 is 11.8 Å². The van der Waals surface area contributed by atoms with Crippen molar-refractivity contribution in [2.24, 2.45) is 0 Å². The summed E-state index contributed by atoms with van der Waals surface area (Å²) in [4.78, 5) is 10.9. The summed E-state index contributed by atoms with van der Waals surface area (Å²) in [5, 5.41) is 13.2. The summed E-state index contributed by atoms with van der Waals surface area (Å²) in [5.41, 5.74) is 0.944. The molecule has 0 spiro atoms. The summed E-state index contributed by atoms with van der Waals surface area (Å²) in [6.45, 7) is 3.99.